The van der Waals surface area contributed by atoms with E-state index in [1.807, 2.05) is 48.5 Å². The summed E-state index contributed by atoms with van der Waals surface area (Å²) in [5.74, 6) is -5.56. The molecule has 2 N–H and O–H groups in total. The molecule has 2 spiro atoms. The van der Waals surface area contributed by atoms with Gasteiger partial charge in [0.2, 0.25) is 5.79 Å². The summed E-state index contributed by atoms with van der Waals surface area (Å²) in [7, 11) is 1.52. The SMILES string of the molecule is C=CCOC(=O)[C@H](CC)[C@H]1CC[C@H](C)[C@H]([C@@H](C)[C@H](O)[C@H](C)C(=O)[C@H](CC)[C@H]2O[C@]3(C=C[C@@H](OC(=O)OCCOC)[C@]4(CC[C@@](C)([C@H]5CC[C@](O)(CC)[C@H](C)O5)O4)O3)[C@H](C)C[C@@H]2C)O1. The van der Waals surface area contributed by atoms with Gasteiger partial charge in [-0.3, -0.25) is 9.59 Å². The molecular formula is C49H80O14. The molecule has 18 atom stereocenters. The normalized spacial score (nSPS) is 40.4. The number of Topliss-reactive ketones (excluding diaryl/α,β-unsaturated/α-hetero) is 1. The van der Waals surface area contributed by atoms with Crippen LogP contribution in [0, 0.1) is 41.4 Å². The van der Waals surface area contributed by atoms with Crippen molar-refractivity contribution in [2.24, 2.45) is 41.4 Å². The van der Waals surface area contributed by atoms with Crippen molar-refractivity contribution in [1.29, 1.82) is 0 Å². The summed E-state index contributed by atoms with van der Waals surface area (Å²) in [6.45, 7) is 23.7. The van der Waals surface area contributed by atoms with Crippen LogP contribution in [-0.4, -0.2) is 121 Å². The predicted octanol–water partition coefficient (Wildman–Crippen LogP) is 7.64. The van der Waals surface area contributed by atoms with Gasteiger partial charge < -0.3 is 52.8 Å². The molecule has 5 aliphatic heterocycles. The molecule has 14 nitrogen and oxygen atoms in total. The lowest BCUT2D eigenvalue weighted by Crippen LogP contribution is -2.63. The fourth-order valence-corrected chi connectivity index (χ4v) is 11.2. The van der Waals surface area contributed by atoms with Gasteiger partial charge in [0.15, 0.2) is 11.9 Å². The summed E-state index contributed by atoms with van der Waals surface area (Å²) in [6.07, 6.45) is 5.84. The average Bonchev–Trinajstić information content (AvgIpc) is 3.60. The Labute approximate surface area is 376 Å². The first-order valence-electron chi connectivity index (χ1n) is 23.9. The molecule has 0 aromatic heterocycles. The minimum Gasteiger partial charge on any atom is -0.461 e. The van der Waals surface area contributed by atoms with E-state index < -0.39 is 77.0 Å². The molecule has 0 bridgehead atoms. The second-order valence-corrected chi connectivity index (χ2v) is 19.7. The number of carbonyl (C=O) groups is 3. The van der Waals surface area contributed by atoms with E-state index in [2.05, 4.69) is 20.4 Å². The lowest BCUT2D eigenvalue weighted by atomic mass is 9.72. The maximum Gasteiger partial charge on any atom is 0.509 e. The summed E-state index contributed by atoms with van der Waals surface area (Å²) in [5.41, 5.74) is -1.80. The van der Waals surface area contributed by atoms with Gasteiger partial charge in [-0.2, -0.15) is 0 Å². The molecule has 4 saturated heterocycles. The second kappa shape index (κ2) is 21.5. The largest absolute Gasteiger partial charge is 0.509 e. The maximum atomic E-state index is 14.7. The third-order valence-corrected chi connectivity index (χ3v) is 15.5. The monoisotopic (exact) mass is 893 g/mol. The first kappa shape index (κ1) is 51.6. The summed E-state index contributed by atoms with van der Waals surface area (Å²) in [5, 5.41) is 23.2. The summed E-state index contributed by atoms with van der Waals surface area (Å²) in [4.78, 5) is 40.7. The summed E-state index contributed by atoms with van der Waals surface area (Å²) < 4.78 is 56.1. The highest BCUT2D eigenvalue weighted by atomic mass is 16.8. The van der Waals surface area contributed by atoms with Gasteiger partial charge >= 0.3 is 12.1 Å². The fourth-order valence-electron chi connectivity index (χ4n) is 11.2. The van der Waals surface area contributed by atoms with Gasteiger partial charge in [-0.25, -0.2) is 4.79 Å². The van der Waals surface area contributed by atoms with Gasteiger partial charge in [-0.1, -0.05) is 68.0 Å². The third kappa shape index (κ3) is 10.9. The number of rotatable bonds is 18. The van der Waals surface area contributed by atoms with E-state index in [0.717, 1.165) is 6.42 Å². The molecule has 5 aliphatic rings. The molecule has 360 valence electrons. The molecular weight excluding hydrogens is 813 g/mol. The highest BCUT2D eigenvalue weighted by molar-refractivity contribution is 5.84. The molecule has 0 unspecified atom stereocenters. The summed E-state index contributed by atoms with van der Waals surface area (Å²) >= 11 is 0. The molecule has 14 heteroatoms. The highest BCUT2D eigenvalue weighted by Crippen LogP contribution is 2.54. The van der Waals surface area contributed by atoms with Crippen LogP contribution in [0.25, 0.3) is 0 Å². The van der Waals surface area contributed by atoms with E-state index in [0.29, 0.717) is 57.8 Å². The van der Waals surface area contributed by atoms with Crippen LogP contribution in [0.4, 0.5) is 4.79 Å². The number of ketones is 1. The van der Waals surface area contributed by atoms with Crippen molar-refractivity contribution in [3.8, 4) is 0 Å². The molecule has 0 amide bonds. The molecule has 4 fully saturated rings. The van der Waals surface area contributed by atoms with Gasteiger partial charge in [-0.15, -0.1) is 0 Å². The van der Waals surface area contributed by atoms with Crippen molar-refractivity contribution in [1.82, 2.24) is 0 Å². The number of ether oxygens (including phenoxy) is 9. The average molecular weight is 893 g/mol. The van der Waals surface area contributed by atoms with Crippen LogP contribution in [0.5, 0.6) is 0 Å². The quantitative estimate of drug-likeness (QED) is 0.0780. The van der Waals surface area contributed by atoms with E-state index in [9.17, 15) is 24.6 Å². The van der Waals surface area contributed by atoms with Gasteiger partial charge in [0.25, 0.3) is 0 Å². The van der Waals surface area contributed by atoms with Crippen LogP contribution in [0.3, 0.4) is 0 Å². The number of aliphatic hydroxyl groups excluding tert-OH is 1. The minimum atomic E-state index is -1.49. The topological polar surface area (TPSA) is 175 Å². The standard InChI is InChI=1S/C49H80O14/c1-13-25-56-44(52)35(14-2)37-18-17-29(5)42(59-37)33(9)40(50)32(8)41(51)36(15-3)43-30(6)28-31(7)48(61-43)22-20-39(60-45(53)57-27-26-55-12)49(63-48)24-23-46(11,62-49)38-19-21-47(54,16-4)34(10)58-38/h13,20,22,29-40,42-43,50,54H,1,14-19,21,23-28H2,2-12H3/t29-,30-,31+,32-,33-,34-,35+,36-,37+,38+,39+,40+,42+,43-,46-,47+,48-,49-/m0/s1. The predicted molar refractivity (Wildman–Crippen MR) is 234 cm³/mol. The van der Waals surface area contributed by atoms with Gasteiger partial charge in [0.05, 0.1) is 60.4 Å². The smallest absolute Gasteiger partial charge is 0.461 e. The Hall–Kier alpha value is -2.43. The van der Waals surface area contributed by atoms with Crippen molar-refractivity contribution < 1.29 is 67.2 Å². The Bertz CT molecular complexity index is 1590. The fraction of sp³-hybridized carbons (Fsp3) is 0.857. The van der Waals surface area contributed by atoms with Gasteiger partial charge in [-0.05, 0) is 95.6 Å². The van der Waals surface area contributed by atoms with Crippen LogP contribution >= 0.6 is 0 Å². The Kier molecular flexibility index (Phi) is 17.6. The number of aliphatic hydroxyl groups is 2. The van der Waals surface area contributed by atoms with Crippen LogP contribution in [-0.2, 0) is 52.2 Å². The Morgan fingerprint density at radius 2 is 1.62 bits per heavy atom. The number of hydrogen-bond acceptors (Lipinski definition) is 14. The Balaban J connectivity index is 1.37. The molecule has 0 aromatic rings. The lowest BCUT2D eigenvalue weighted by Gasteiger charge is -2.54. The first-order valence-corrected chi connectivity index (χ1v) is 23.9. The Morgan fingerprint density at radius 1 is 0.905 bits per heavy atom. The van der Waals surface area contributed by atoms with E-state index in [1.165, 1.54) is 7.11 Å². The number of methoxy groups -OCH3 is 1. The molecule has 0 saturated carbocycles. The highest BCUT2D eigenvalue weighted by Gasteiger charge is 2.64. The van der Waals surface area contributed by atoms with Crippen molar-refractivity contribution in [3.63, 3.8) is 0 Å². The molecule has 5 heterocycles. The molecule has 5 rings (SSSR count). The Morgan fingerprint density at radius 3 is 2.25 bits per heavy atom. The van der Waals surface area contributed by atoms with E-state index in [1.54, 1.807) is 25.2 Å². The number of carbonyl (C=O) groups excluding carboxylic acids is 3. The van der Waals surface area contributed by atoms with Crippen LogP contribution in [0.15, 0.2) is 24.8 Å². The minimum absolute atomic E-state index is 0.00767. The second-order valence-electron chi connectivity index (χ2n) is 19.7. The first-order chi connectivity index (χ1) is 29.8. The number of hydrogen-bond donors (Lipinski definition) is 2. The molecule has 63 heavy (non-hydrogen) atoms. The molecule has 0 radical (unpaired) electrons. The number of esters is 1. The summed E-state index contributed by atoms with van der Waals surface area (Å²) in [6, 6.07) is 0. The van der Waals surface area contributed by atoms with Gasteiger partial charge in [0, 0.05) is 37.2 Å². The van der Waals surface area contributed by atoms with Crippen molar-refractivity contribution in [3.05, 3.63) is 24.8 Å². The van der Waals surface area contributed by atoms with Crippen molar-refractivity contribution in [2.45, 2.75) is 199 Å². The van der Waals surface area contributed by atoms with Crippen LogP contribution < -0.4 is 0 Å². The van der Waals surface area contributed by atoms with Crippen LogP contribution in [0.2, 0.25) is 0 Å². The zero-order chi connectivity index (χ0) is 46.5. The van der Waals surface area contributed by atoms with E-state index >= 15 is 0 Å². The van der Waals surface area contributed by atoms with Crippen LogP contribution in [0.1, 0.15) is 133 Å². The third-order valence-electron chi connectivity index (χ3n) is 15.5. The zero-order valence-electron chi connectivity index (χ0n) is 40.0. The maximum absolute atomic E-state index is 14.7. The van der Waals surface area contributed by atoms with Crippen molar-refractivity contribution >= 4 is 17.9 Å². The molecule has 0 aliphatic carbocycles. The van der Waals surface area contributed by atoms with E-state index in [-0.39, 0.29) is 67.6 Å². The van der Waals surface area contributed by atoms with E-state index in [4.69, 9.17) is 42.6 Å². The zero-order valence-corrected chi connectivity index (χ0v) is 40.0. The molecule has 0 aromatic carbocycles. The van der Waals surface area contributed by atoms with Gasteiger partial charge in [0.1, 0.15) is 19.0 Å². The van der Waals surface area contributed by atoms with Crippen molar-refractivity contribution in [2.75, 3.05) is 26.9 Å². The lowest BCUT2D eigenvalue weighted by molar-refractivity contribution is -0.408.